The smallest absolute Gasteiger partial charge is 0.222 e. The highest BCUT2D eigenvalue weighted by atomic mass is 16.1. The van der Waals surface area contributed by atoms with E-state index in [4.69, 9.17) is 5.73 Å². The van der Waals surface area contributed by atoms with Gasteiger partial charge < -0.3 is 11.1 Å². The van der Waals surface area contributed by atoms with Crippen molar-refractivity contribution in [1.29, 1.82) is 0 Å². The van der Waals surface area contributed by atoms with Gasteiger partial charge in [0.25, 0.3) is 0 Å². The molecule has 0 heterocycles. The van der Waals surface area contributed by atoms with E-state index in [9.17, 15) is 4.79 Å². The lowest BCUT2D eigenvalue weighted by Crippen LogP contribution is -2.45. The van der Waals surface area contributed by atoms with Gasteiger partial charge in [-0.25, -0.2) is 0 Å². The number of nitrogens with two attached hydrogens (primary N) is 1. The van der Waals surface area contributed by atoms with Crippen molar-refractivity contribution in [2.45, 2.75) is 57.5 Å². The molecular formula is C16H24N2O. The molecule has 0 radical (unpaired) electrons. The number of carbonyl (C=O) groups is 1. The SMILES string of the molecule is Cc1cccc(CNC(=O)CC2(N)CCCCC2)c1. The molecule has 1 fully saturated rings. The van der Waals surface area contributed by atoms with Gasteiger partial charge in [-0.3, -0.25) is 4.79 Å². The summed E-state index contributed by atoms with van der Waals surface area (Å²) in [5.41, 5.74) is 8.38. The molecule has 0 aromatic heterocycles. The fourth-order valence-electron chi connectivity index (χ4n) is 2.84. The van der Waals surface area contributed by atoms with Gasteiger partial charge in [-0.15, -0.1) is 0 Å². The zero-order chi connectivity index (χ0) is 13.7. The zero-order valence-electron chi connectivity index (χ0n) is 11.7. The minimum absolute atomic E-state index is 0.0749. The maximum absolute atomic E-state index is 12.0. The quantitative estimate of drug-likeness (QED) is 0.874. The lowest BCUT2D eigenvalue weighted by atomic mass is 9.80. The number of carbonyl (C=O) groups excluding carboxylic acids is 1. The van der Waals surface area contributed by atoms with Crippen LogP contribution in [0.2, 0.25) is 0 Å². The van der Waals surface area contributed by atoms with Crippen molar-refractivity contribution in [1.82, 2.24) is 5.32 Å². The summed E-state index contributed by atoms with van der Waals surface area (Å²) in [4.78, 5) is 12.0. The summed E-state index contributed by atoms with van der Waals surface area (Å²) in [5.74, 6) is 0.0749. The molecule has 3 N–H and O–H groups in total. The maximum atomic E-state index is 12.0. The highest BCUT2D eigenvalue weighted by molar-refractivity contribution is 5.77. The van der Waals surface area contributed by atoms with Crippen LogP contribution in [0.5, 0.6) is 0 Å². The van der Waals surface area contributed by atoms with Crippen LogP contribution in [-0.2, 0) is 11.3 Å². The molecule has 0 unspecified atom stereocenters. The Morgan fingerprint density at radius 1 is 1.32 bits per heavy atom. The molecule has 0 spiro atoms. The lowest BCUT2D eigenvalue weighted by molar-refractivity contribution is -0.122. The Morgan fingerprint density at radius 2 is 2.05 bits per heavy atom. The van der Waals surface area contributed by atoms with Gasteiger partial charge in [0.15, 0.2) is 0 Å². The van der Waals surface area contributed by atoms with Gasteiger partial charge >= 0.3 is 0 Å². The maximum Gasteiger partial charge on any atom is 0.222 e. The number of amides is 1. The fourth-order valence-corrected chi connectivity index (χ4v) is 2.84. The second-order valence-corrected chi connectivity index (χ2v) is 5.87. The normalized spacial score (nSPS) is 18.0. The van der Waals surface area contributed by atoms with Gasteiger partial charge in [0.05, 0.1) is 0 Å². The molecule has 0 aliphatic heterocycles. The molecule has 1 aliphatic carbocycles. The Labute approximate surface area is 115 Å². The van der Waals surface area contributed by atoms with Crippen molar-refractivity contribution >= 4 is 5.91 Å². The van der Waals surface area contributed by atoms with Crippen LogP contribution < -0.4 is 11.1 Å². The van der Waals surface area contributed by atoms with Crippen molar-refractivity contribution in [2.24, 2.45) is 5.73 Å². The van der Waals surface area contributed by atoms with Gasteiger partial charge in [0, 0.05) is 18.5 Å². The van der Waals surface area contributed by atoms with Gasteiger partial charge in [-0.2, -0.15) is 0 Å². The first-order chi connectivity index (χ1) is 9.07. The third-order valence-electron chi connectivity index (χ3n) is 3.93. The standard InChI is InChI=1S/C16H24N2O/c1-13-6-5-7-14(10-13)12-18-15(19)11-16(17)8-3-2-4-9-16/h5-7,10H,2-4,8-9,11-12,17H2,1H3,(H,18,19). The summed E-state index contributed by atoms with van der Waals surface area (Å²) >= 11 is 0. The van der Waals surface area contributed by atoms with E-state index in [0.29, 0.717) is 13.0 Å². The molecule has 1 aromatic rings. The van der Waals surface area contributed by atoms with Crippen LogP contribution in [0, 0.1) is 6.92 Å². The van der Waals surface area contributed by atoms with E-state index in [2.05, 4.69) is 24.4 Å². The van der Waals surface area contributed by atoms with Crippen molar-refractivity contribution in [3.8, 4) is 0 Å². The predicted octanol–water partition coefficient (Wildman–Crippen LogP) is 2.66. The van der Waals surface area contributed by atoms with Crippen LogP contribution in [0.25, 0.3) is 0 Å². The Balaban J connectivity index is 1.81. The Morgan fingerprint density at radius 3 is 2.74 bits per heavy atom. The summed E-state index contributed by atoms with van der Waals surface area (Å²) < 4.78 is 0. The summed E-state index contributed by atoms with van der Waals surface area (Å²) in [7, 11) is 0. The van der Waals surface area contributed by atoms with E-state index >= 15 is 0 Å². The summed E-state index contributed by atoms with van der Waals surface area (Å²) in [5, 5.41) is 2.98. The molecule has 1 aliphatic rings. The topological polar surface area (TPSA) is 55.1 Å². The van der Waals surface area contributed by atoms with Crippen molar-refractivity contribution in [3.05, 3.63) is 35.4 Å². The van der Waals surface area contributed by atoms with E-state index in [1.807, 2.05) is 12.1 Å². The first-order valence-electron chi connectivity index (χ1n) is 7.19. The van der Waals surface area contributed by atoms with E-state index < -0.39 is 0 Å². The van der Waals surface area contributed by atoms with Crippen molar-refractivity contribution in [2.75, 3.05) is 0 Å². The van der Waals surface area contributed by atoms with E-state index in [-0.39, 0.29) is 11.4 Å². The van der Waals surface area contributed by atoms with Gasteiger partial charge in [-0.1, -0.05) is 49.1 Å². The lowest BCUT2D eigenvalue weighted by Gasteiger charge is -2.32. The van der Waals surface area contributed by atoms with Crippen molar-refractivity contribution < 1.29 is 4.79 Å². The Hall–Kier alpha value is -1.35. The second-order valence-electron chi connectivity index (χ2n) is 5.87. The second kappa shape index (κ2) is 6.20. The van der Waals surface area contributed by atoms with Gasteiger partial charge in [0.1, 0.15) is 0 Å². The van der Waals surface area contributed by atoms with Gasteiger partial charge in [-0.05, 0) is 25.3 Å². The first kappa shape index (κ1) is 14.1. The number of aryl methyl sites for hydroxylation is 1. The third kappa shape index (κ3) is 4.35. The number of rotatable bonds is 4. The molecule has 0 bridgehead atoms. The largest absolute Gasteiger partial charge is 0.352 e. The average molecular weight is 260 g/mol. The Kier molecular flexibility index (Phi) is 4.59. The first-order valence-corrected chi connectivity index (χ1v) is 7.19. The van der Waals surface area contributed by atoms with Crippen LogP contribution in [0.1, 0.15) is 49.7 Å². The minimum Gasteiger partial charge on any atom is -0.352 e. The number of hydrogen-bond acceptors (Lipinski definition) is 2. The molecule has 0 saturated heterocycles. The van der Waals surface area contributed by atoms with Crippen LogP contribution >= 0.6 is 0 Å². The third-order valence-corrected chi connectivity index (χ3v) is 3.93. The molecule has 1 amide bonds. The van der Waals surface area contributed by atoms with Crippen LogP contribution in [0.4, 0.5) is 0 Å². The minimum atomic E-state index is -0.269. The van der Waals surface area contributed by atoms with Crippen LogP contribution in [-0.4, -0.2) is 11.4 Å². The van der Waals surface area contributed by atoms with Gasteiger partial charge in [0.2, 0.25) is 5.91 Å². The summed E-state index contributed by atoms with van der Waals surface area (Å²) in [6.07, 6.45) is 5.97. The molecule has 1 saturated carbocycles. The van der Waals surface area contributed by atoms with Crippen molar-refractivity contribution in [3.63, 3.8) is 0 Å². The highest BCUT2D eigenvalue weighted by Gasteiger charge is 2.29. The number of nitrogens with one attached hydrogen (secondary N) is 1. The fraction of sp³-hybridized carbons (Fsp3) is 0.562. The predicted molar refractivity (Wildman–Crippen MR) is 77.6 cm³/mol. The zero-order valence-corrected chi connectivity index (χ0v) is 11.7. The van der Waals surface area contributed by atoms with E-state index in [1.165, 1.54) is 12.0 Å². The Bertz CT molecular complexity index is 436. The summed E-state index contributed by atoms with van der Waals surface area (Å²) in [6, 6.07) is 8.20. The molecule has 19 heavy (non-hydrogen) atoms. The molecule has 1 aromatic carbocycles. The molecule has 3 nitrogen and oxygen atoms in total. The summed E-state index contributed by atoms with van der Waals surface area (Å²) in [6.45, 7) is 2.65. The average Bonchev–Trinajstić information content (AvgIpc) is 2.37. The number of hydrogen-bond donors (Lipinski definition) is 2. The van der Waals surface area contributed by atoms with Crippen LogP contribution in [0.3, 0.4) is 0 Å². The van der Waals surface area contributed by atoms with E-state index in [0.717, 1.165) is 31.2 Å². The van der Waals surface area contributed by atoms with E-state index in [1.54, 1.807) is 0 Å². The molecule has 0 atom stereocenters. The molecule has 104 valence electrons. The number of benzene rings is 1. The molecular weight excluding hydrogens is 236 g/mol. The highest BCUT2D eigenvalue weighted by Crippen LogP contribution is 2.28. The van der Waals surface area contributed by atoms with Crippen LogP contribution in [0.15, 0.2) is 24.3 Å². The molecule has 2 rings (SSSR count). The molecule has 3 heteroatoms. The monoisotopic (exact) mass is 260 g/mol.